The topological polar surface area (TPSA) is 36.4 Å². The number of hydrogen-bond acceptors (Lipinski definition) is 4. The van der Waals surface area contributed by atoms with E-state index in [0.717, 1.165) is 17.2 Å². The van der Waals surface area contributed by atoms with Crippen LogP contribution in [0.1, 0.15) is 36.9 Å². The lowest BCUT2D eigenvalue weighted by atomic mass is 10.0. The lowest BCUT2D eigenvalue weighted by Gasteiger charge is -2.32. The first-order chi connectivity index (χ1) is 7.29. The Morgan fingerprint density at radius 3 is 3.13 bits per heavy atom. The molecule has 1 aliphatic heterocycles. The molecule has 1 unspecified atom stereocenters. The van der Waals surface area contributed by atoms with Crippen molar-refractivity contribution in [1.29, 1.82) is 0 Å². The molecule has 0 aliphatic carbocycles. The molecule has 0 amide bonds. The first-order valence-electron chi connectivity index (χ1n) is 5.58. The van der Waals surface area contributed by atoms with E-state index in [1.54, 1.807) is 11.3 Å². The highest BCUT2D eigenvalue weighted by molar-refractivity contribution is 7.09. The van der Waals surface area contributed by atoms with Gasteiger partial charge in [-0.3, -0.25) is 4.90 Å². The van der Waals surface area contributed by atoms with Crippen LogP contribution in [0.25, 0.3) is 0 Å². The van der Waals surface area contributed by atoms with Crippen LogP contribution < -0.4 is 0 Å². The quantitative estimate of drug-likeness (QED) is 0.856. The molecule has 1 N–H and O–H groups in total. The van der Waals surface area contributed by atoms with Crippen LogP contribution in [-0.2, 0) is 13.2 Å². The Kier molecular flexibility index (Phi) is 3.72. The molecule has 0 spiro atoms. The number of aliphatic hydroxyl groups excluding tert-OH is 1. The first-order valence-corrected chi connectivity index (χ1v) is 6.45. The normalized spacial score (nSPS) is 23.2. The lowest BCUT2D eigenvalue weighted by molar-refractivity contribution is 0.152. The van der Waals surface area contributed by atoms with E-state index in [0.29, 0.717) is 6.04 Å². The van der Waals surface area contributed by atoms with E-state index in [1.165, 1.54) is 25.8 Å². The zero-order chi connectivity index (χ0) is 10.7. The average molecular weight is 226 g/mol. The van der Waals surface area contributed by atoms with Crippen LogP contribution in [-0.4, -0.2) is 27.6 Å². The van der Waals surface area contributed by atoms with Gasteiger partial charge < -0.3 is 5.11 Å². The molecule has 0 radical (unpaired) electrons. The van der Waals surface area contributed by atoms with Crippen molar-refractivity contribution in [3.8, 4) is 0 Å². The fourth-order valence-corrected chi connectivity index (χ4v) is 2.87. The molecule has 1 saturated heterocycles. The van der Waals surface area contributed by atoms with E-state index in [2.05, 4.69) is 16.8 Å². The van der Waals surface area contributed by atoms with Gasteiger partial charge in [0.2, 0.25) is 0 Å². The standard InChI is InChI=1S/C11H18N2OS/c1-9-4-2-3-5-13(9)6-11-12-10(7-14)8-15-11/h8-9,14H,2-7H2,1H3. The molecular formula is C11H18N2OS. The summed E-state index contributed by atoms with van der Waals surface area (Å²) in [5, 5.41) is 12.0. The minimum Gasteiger partial charge on any atom is -0.390 e. The Bertz CT molecular complexity index is 313. The zero-order valence-electron chi connectivity index (χ0n) is 9.15. The molecule has 84 valence electrons. The van der Waals surface area contributed by atoms with Crippen LogP contribution in [0.2, 0.25) is 0 Å². The van der Waals surface area contributed by atoms with Gasteiger partial charge in [0.15, 0.2) is 0 Å². The van der Waals surface area contributed by atoms with Gasteiger partial charge in [-0.2, -0.15) is 0 Å². The molecule has 1 atom stereocenters. The van der Waals surface area contributed by atoms with Crippen LogP contribution in [0.15, 0.2) is 5.38 Å². The van der Waals surface area contributed by atoms with Crippen LogP contribution in [0.5, 0.6) is 0 Å². The summed E-state index contributed by atoms with van der Waals surface area (Å²) in [6.07, 6.45) is 3.97. The van der Waals surface area contributed by atoms with E-state index in [1.807, 2.05) is 5.38 Å². The van der Waals surface area contributed by atoms with Crippen molar-refractivity contribution in [3.05, 3.63) is 16.1 Å². The van der Waals surface area contributed by atoms with Crippen molar-refractivity contribution in [2.45, 2.75) is 45.4 Å². The molecule has 2 heterocycles. The van der Waals surface area contributed by atoms with Gasteiger partial charge in [0.1, 0.15) is 5.01 Å². The van der Waals surface area contributed by atoms with E-state index >= 15 is 0 Å². The number of piperidine rings is 1. The van der Waals surface area contributed by atoms with Crippen LogP contribution in [0, 0.1) is 0 Å². The predicted octanol–water partition coefficient (Wildman–Crippen LogP) is 2.01. The van der Waals surface area contributed by atoms with Gasteiger partial charge in [0.05, 0.1) is 18.8 Å². The second kappa shape index (κ2) is 5.05. The molecule has 1 fully saturated rings. The van der Waals surface area contributed by atoms with Crippen LogP contribution >= 0.6 is 11.3 Å². The van der Waals surface area contributed by atoms with Gasteiger partial charge in [0, 0.05) is 11.4 Å². The molecule has 3 nitrogen and oxygen atoms in total. The Labute approximate surface area is 94.8 Å². The van der Waals surface area contributed by atoms with E-state index in [4.69, 9.17) is 5.11 Å². The van der Waals surface area contributed by atoms with Crippen LogP contribution in [0.4, 0.5) is 0 Å². The number of aromatic nitrogens is 1. The second-order valence-electron chi connectivity index (χ2n) is 4.21. The molecule has 1 aromatic rings. The Morgan fingerprint density at radius 2 is 2.47 bits per heavy atom. The Balaban J connectivity index is 1.95. The van der Waals surface area contributed by atoms with Crippen LogP contribution in [0.3, 0.4) is 0 Å². The zero-order valence-corrected chi connectivity index (χ0v) is 9.96. The SMILES string of the molecule is CC1CCCCN1Cc1nc(CO)cs1. The first kappa shape index (κ1) is 11.0. The van der Waals surface area contributed by atoms with Crippen molar-refractivity contribution < 1.29 is 5.11 Å². The number of thiazole rings is 1. The summed E-state index contributed by atoms with van der Waals surface area (Å²) in [6, 6.07) is 0.681. The minimum absolute atomic E-state index is 0.0616. The fourth-order valence-electron chi connectivity index (χ4n) is 2.06. The van der Waals surface area contributed by atoms with Gasteiger partial charge in [0.25, 0.3) is 0 Å². The highest BCUT2D eigenvalue weighted by Crippen LogP contribution is 2.20. The summed E-state index contributed by atoms with van der Waals surface area (Å²) in [4.78, 5) is 6.87. The van der Waals surface area contributed by atoms with Gasteiger partial charge in [-0.25, -0.2) is 4.98 Å². The number of nitrogens with zero attached hydrogens (tertiary/aromatic N) is 2. The highest BCUT2D eigenvalue weighted by atomic mass is 32.1. The Hall–Kier alpha value is -0.450. The maximum Gasteiger partial charge on any atom is 0.107 e. The molecular weight excluding hydrogens is 208 g/mol. The van der Waals surface area contributed by atoms with Crippen molar-refractivity contribution in [3.63, 3.8) is 0 Å². The second-order valence-corrected chi connectivity index (χ2v) is 5.15. The summed E-state index contributed by atoms with van der Waals surface area (Å²) in [5.41, 5.74) is 0.805. The van der Waals surface area contributed by atoms with Crippen molar-refractivity contribution in [2.24, 2.45) is 0 Å². The highest BCUT2D eigenvalue weighted by Gasteiger charge is 2.19. The largest absolute Gasteiger partial charge is 0.390 e. The van der Waals surface area contributed by atoms with Crippen molar-refractivity contribution >= 4 is 11.3 Å². The maximum absolute atomic E-state index is 8.94. The molecule has 2 rings (SSSR count). The van der Waals surface area contributed by atoms with Gasteiger partial charge in [-0.1, -0.05) is 6.42 Å². The van der Waals surface area contributed by atoms with Gasteiger partial charge in [-0.15, -0.1) is 11.3 Å². The van der Waals surface area contributed by atoms with Crippen molar-refractivity contribution in [1.82, 2.24) is 9.88 Å². The maximum atomic E-state index is 8.94. The Morgan fingerprint density at radius 1 is 1.60 bits per heavy atom. The number of aliphatic hydroxyl groups is 1. The summed E-state index contributed by atoms with van der Waals surface area (Å²) in [6.45, 7) is 4.49. The third-order valence-electron chi connectivity index (χ3n) is 3.04. The summed E-state index contributed by atoms with van der Waals surface area (Å²) in [5.74, 6) is 0. The summed E-state index contributed by atoms with van der Waals surface area (Å²) >= 11 is 1.66. The fraction of sp³-hybridized carbons (Fsp3) is 0.727. The predicted molar refractivity (Wildman–Crippen MR) is 61.8 cm³/mol. The summed E-state index contributed by atoms with van der Waals surface area (Å²) in [7, 11) is 0. The molecule has 15 heavy (non-hydrogen) atoms. The lowest BCUT2D eigenvalue weighted by Crippen LogP contribution is -2.36. The molecule has 0 aromatic carbocycles. The van der Waals surface area contributed by atoms with Gasteiger partial charge in [-0.05, 0) is 26.3 Å². The van der Waals surface area contributed by atoms with Crippen molar-refractivity contribution in [2.75, 3.05) is 6.54 Å². The smallest absolute Gasteiger partial charge is 0.107 e. The average Bonchev–Trinajstić information content (AvgIpc) is 2.69. The number of rotatable bonds is 3. The monoisotopic (exact) mass is 226 g/mol. The molecule has 0 bridgehead atoms. The number of hydrogen-bond donors (Lipinski definition) is 1. The van der Waals surface area contributed by atoms with E-state index in [9.17, 15) is 0 Å². The number of likely N-dealkylation sites (tertiary alicyclic amines) is 1. The molecule has 0 saturated carbocycles. The summed E-state index contributed by atoms with van der Waals surface area (Å²) < 4.78 is 0. The van der Waals surface area contributed by atoms with Gasteiger partial charge >= 0.3 is 0 Å². The third-order valence-corrected chi connectivity index (χ3v) is 3.92. The molecule has 4 heteroatoms. The minimum atomic E-state index is 0.0616. The third kappa shape index (κ3) is 2.77. The van der Waals surface area contributed by atoms with E-state index in [-0.39, 0.29) is 6.61 Å². The van der Waals surface area contributed by atoms with E-state index < -0.39 is 0 Å². The molecule has 1 aliphatic rings. The molecule has 1 aromatic heterocycles.